The molecule has 62 valence electrons. The molecule has 0 aliphatic heterocycles. The van der Waals surface area contributed by atoms with Crippen LogP contribution in [0.25, 0.3) is 0 Å². The van der Waals surface area contributed by atoms with Crippen molar-refractivity contribution in [2.75, 3.05) is 0 Å². The molecule has 1 unspecified atom stereocenters. The SMILES string of the molecule is CC(O)S.Oc1ccccc1. The Balaban J connectivity index is 0.000000218. The van der Waals surface area contributed by atoms with E-state index in [-0.39, 0.29) is 0 Å². The summed E-state index contributed by atoms with van der Waals surface area (Å²) in [5, 5.41) is 16.6. The molecule has 0 saturated carbocycles. The number of phenolic OH excluding ortho intramolecular Hbond substituents is 1. The van der Waals surface area contributed by atoms with Crippen molar-refractivity contribution in [2.45, 2.75) is 12.4 Å². The molecule has 3 heteroatoms. The average molecular weight is 172 g/mol. The van der Waals surface area contributed by atoms with Crippen molar-refractivity contribution < 1.29 is 10.2 Å². The molecule has 11 heavy (non-hydrogen) atoms. The number of hydrogen-bond donors (Lipinski definition) is 3. The number of aliphatic hydroxyl groups is 1. The summed E-state index contributed by atoms with van der Waals surface area (Å²) in [6, 6.07) is 8.71. The summed E-state index contributed by atoms with van der Waals surface area (Å²) in [4.78, 5) is 0. The summed E-state index contributed by atoms with van der Waals surface area (Å²) in [6.45, 7) is 1.59. The first-order valence-electron chi connectivity index (χ1n) is 3.23. The van der Waals surface area contributed by atoms with Gasteiger partial charge in [-0.15, -0.1) is 12.6 Å². The summed E-state index contributed by atoms with van der Waals surface area (Å²) < 4.78 is 0. The van der Waals surface area contributed by atoms with Crippen molar-refractivity contribution >= 4 is 12.6 Å². The predicted molar refractivity (Wildman–Crippen MR) is 48.8 cm³/mol. The van der Waals surface area contributed by atoms with Crippen molar-refractivity contribution in [2.24, 2.45) is 0 Å². The average Bonchev–Trinajstić information content (AvgIpc) is 1.87. The van der Waals surface area contributed by atoms with E-state index in [0.29, 0.717) is 5.75 Å². The summed E-state index contributed by atoms with van der Waals surface area (Å²) in [6.07, 6.45) is 0. The summed E-state index contributed by atoms with van der Waals surface area (Å²) in [7, 11) is 0. The second-order valence-electron chi connectivity index (χ2n) is 1.97. The second-order valence-corrected chi connectivity index (χ2v) is 2.71. The Morgan fingerprint density at radius 2 is 1.64 bits per heavy atom. The van der Waals surface area contributed by atoms with Gasteiger partial charge in [0.05, 0.1) is 5.44 Å². The first kappa shape index (κ1) is 10.3. The molecule has 1 atom stereocenters. The molecule has 1 rings (SSSR count). The number of aromatic hydroxyl groups is 1. The number of para-hydroxylation sites is 1. The molecule has 0 fully saturated rings. The largest absolute Gasteiger partial charge is 0.508 e. The van der Waals surface area contributed by atoms with Crippen LogP contribution in [0.4, 0.5) is 0 Å². The van der Waals surface area contributed by atoms with Crippen LogP contribution in [0.2, 0.25) is 0 Å². The van der Waals surface area contributed by atoms with Crippen molar-refractivity contribution in [1.29, 1.82) is 0 Å². The van der Waals surface area contributed by atoms with Gasteiger partial charge in [0.2, 0.25) is 0 Å². The molecule has 0 radical (unpaired) electrons. The number of phenols is 1. The molecule has 0 heterocycles. The van der Waals surface area contributed by atoms with Crippen LogP contribution in [0.5, 0.6) is 5.75 Å². The predicted octanol–water partition coefficient (Wildman–Crippen LogP) is 1.65. The molecular formula is C8H12O2S. The van der Waals surface area contributed by atoms with Crippen LogP contribution in [0.3, 0.4) is 0 Å². The fourth-order valence-corrected chi connectivity index (χ4v) is 0.428. The molecule has 1 aromatic carbocycles. The highest BCUT2D eigenvalue weighted by Gasteiger charge is 1.74. The van der Waals surface area contributed by atoms with E-state index in [2.05, 4.69) is 12.6 Å². The van der Waals surface area contributed by atoms with Gasteiger partial charge in [-0.05, 0) is 19.1 Å². The van der Waals surface area contributed by atoms with Gasteiger partial charge in [0.1, 0.15) is 5.75 Å². The molecule has 0 aliphatic rings. The lowest BCUT2D eigenvalue weighted by atomic mass is 10.3. The lowest BCUT2D eigenvalue weighted by Gasteiger charge is -1.82. The van der Waals surface area contributed by atoms with E-state index in [0.717, 1.165) is 0 Å². The number of hydrogen-bond acceptors (Lipinski definition) is 3. The van der Waals surface area contributed by atoms with Crippen molar-refractivity contribution in [3.8, 4) is 5.75 Å². The Bertz CT molecular complexity index is 172. The quantitative estimate of drug-likeness (QED) is 0.411. The lowest BCUT2D eigenvalue weighted by Crippen LogP contribution is -1.79. The maximum Gasteiger partial charge on any atom is 0.115 e. The van der Waals surface area contributed by atoms with Gasteiger partial charge in [0.15, 0.2) is 0 Å². The molecular weight excluding hydrogens is 160 g/mol. The van der Waals surface area contributed by atoms with E-state index in [1.54, 1.807) is 31.2 Å². The third-order valence-electron chi connectivity index (χ3n) is 0.756. The highest BCUT2D eigenvalue weighted by Crippen LogP contribution is 2.02. The van der Waals surface area contributed by atoms with E-state index in [1.165, 1.54) is 0 Å². The molecule has 0 aliphatic carbocycles. The minimum absolute atomic E-state index is 0.322. The van der Waals surface area contributed by atoms with E-state index in [4.69, 9.17) is 10.2 Å². The van der Waals surface area contributed by atoms with Crippen LogP contribution in [-0.2, 0) is 0 Å². The van der Waals surface area contributed by atoms with Crippen molar-refractivity contribution in [3.05, 3.63) is 30.3 Å². The van der Waals surface area contributed by atoms with Gasteiger partial charge in [0.25, 0.3) is 0 Å². The van der Waals surface area contributed by atoms with Crippen LogP contribution in [0.15, 0.2) is 30.3 Å². The van der Waals surface area contributed by atoms with Crippen LogP contribution >= 0.6 is 12.6 Å². The zero-order chi connectivity index (χ0) is 8.69. The Hall–Kier alpha value is -0.670. The minimum Gasteiger partial charge on any atom is -0.508 e. The standard InChI is InChI=1S/C6H6O.C2H6OS/c7-6-4-2-1-3-5-6;1-2(3)4/h1-5,7H;2-4H,1H3. The zero-order valence-electron chi connectivity index (χ0n) is 6.31. The third kappa shape index (κ3) is 9.33. The van der Waals surface area contributed by atoms with Gasteiger partial charge >= 0.3 is 0 Å². The Labute approximate surface area is 71.9 Å². The maximum atomic E-state index is 8.63. The minimum atomic E-state index is -0.472. The number of rotatable bonds is 0. The van der Waals surface area contributed by atoms with Crippen LogP contribution < -0.4 is 0 Å². The Morgan fingerprint density at radius 3 is 1.82 bits per heavy atom. The number of benzene rings is 1. The molecule has 0 aromatic heterocycles. The number of thiol groups is 1. The maximum absolute atomic E-state index is 8.63. The lowest BCUT2D eigenvalue weighted by molar-refractivity contribution is 0.286. The smallest absolute Gasteiger partial charge is 0.115 e. The Kier molecular flexibility index (Phi) is 5.70. The molecule has 2 N–H and O–H groups in total. The van der Waals surface area contributed by atoms with E-state index < -0.39 is 5.44 Å². The topological polar surface area (TPSA) is 40.5 Å². The number of aliphatic hydroxyl groups excluding tert-OH is 1. The van der Waals surface area contributed by atoms with E-state index in [1.807, 2.05) is 6.07 Å². The van der Waals surface area contributed by atoms with Crippen molar-refractivity contribution in [3.63, 3.8) is 0 Å². The third-order valence-corrected chi connectivity index (χ3v) is 0.756. The molecule has 0 spiro atoms. The monoisotopic (exact) mass is 172 g/mol. The fraction of sp³-hybridized carbons (Fsp3) is 0.250. The highest BCUT2D eigenvalue weighted by molar-refractivity contribution is 7.80. The second kappa shape index (κ2) is 6.07. The Morgan fingerprint density at radius 1 is 1.27 bits per heavy atom. The van der Waals surface area contributed by atoms with Gasteiger partial charge in [0, 0.05) is 0 Å². The summed E-state index contributed by atoms with van der Waals surface area (Å²) in [5.74, 6) is 0.322. The van der Waals surface area contributed by atoms with Gasteiger partial charge in [-0.25, -0.2) is 0 Å². The van der Waals surface area contributed by atoms with Crippen LogP contribution in [0, 0.1) is 0 Å². The fourth-order valence-electron chi connectivity index (χ4n) is 0.428. The van der Waals surface area contributed by atoms with Gasteiger partial charge < -0.3 is 10.2 Å². The van der Waals surface area contributed by atoms with Gasteiger partial charge in [-0.3, -0.25) is 0 Å². The van der Waals surface area contributed by atoms with Crippen LogP contribution in [-0.4, -0.2) is 15.6 Å². The van der Waals surface area contributed by atoms with Crippen molar-refractivity contribution in [1.82, 2.24) is 0 Å². The highest BCUT2D eigenvalue weighted by atomic mass is 32.1. The molecule has 0 saturated heterocycles. The van der Waals surface area contributed by atoms with Crippen LogP contribution in [0.1, 0.15) is 6.92 Å². The van der Waals surface area contributed by atoms with E-state index in [9.17, 15) is 0 Å². The molecule has 0 bridgehead atoms. The zero-order valence-corrected chi connectivity index (χ0v) is 7.20. The van der Waals surface area contributed by atoms with Gasteiger partial charge in [-0.2, -0.15) is 0 Å². The molecule has 0 amide bonds. The molecule has 1 aromatic rings. The van der Waals surface area contributed by atoms with E-state index >= 15 is 0 Å². The van der Waals surface area contributed by atoms with Gasteiger partial charge in [-0.1, -0.05) is 18.2 Å². The normalized spacial score (nSPS) is 11.2. The first-order valence-corrected chi connectivity index (χ1v) is 3.74. The summed E-state index contributed by atoms with van der Waals surface area (Å²) in [5.41, 5.74) is -0.472. The summed E-state index contributed by atoms with van der Waals surface area (Å²) >= 11 is 3.52. The molecule has 2 nitrogen and oxygen atoms in total. The first-order chi connectivity index (χ1) is 5.13.